The van der Waals surface area contributed by atoms with Crippen molar-refractivity contribution in [1.82, 2.24) is 4.57 Å². The van der Waals surface area contributed by atoms with E-state index in [9.17, 15) is 9.59 Å². The predicted octanol–water partition coefficient (Wildman–Crippen LogP) is 2.51. The molecule has 0 amide bonds. The minimum Gasteiger partial charge on any atom is -0.462 e. The largest absolute Gasteiger partial charge is 0.462 e. The number of benzene rings is 1. The zero-order valence-corrected chi connectivity index (χ0v) is 11.4. The molecule has 0 aliphatic carbocycles. The summed E-state index contributed by atoms with van der Waals surface area (Å²) >= 11 is 0. The molecule has 1 aromatic heterocycles. The van der Waals surface area contributed by atoms with Crippen LogP contribution >= 0.6 is 0 Å². The minimum absolute atomic E-state index is 0.179. The molecule has 0 fully saturated rings. The summed E-state index contributed by atoms with van der Waals surface area (Å²) in [5.74, 6) is -0.446. The first-order chi connectivity index (χ1) is 9.08. The van der Waals surface area contributed by atoms with Crippen LogP contribution in [0.1, 0.15) is 29.8 Å². The van der Waals surface area contributed by atoms with E-state index in [0.29, 0.717) is 18.7 Å². The molecule has 19 heavy (non-hydrogen) atoms. The quantitative estimate of drug-likeness (QED) is 0.796. The van der Waals surface area contributed by atoms with Gasteiger partial charge >= 0.3 is 5.97 Å². The highest BCUT2D eigenvalue weighted by Crippen LogP contribution is 2.19. The molecular formula is C15H17NO3. The molecule has 4 nitrogen and oxygen atoms in total. The summed E-state index contributed by atoms with van der Waals surface area (Å²) < 4.78 is 6.67. The Hall–Kier alpha value is -2.10. The number of nitrogens with zero attached hydrogens (tertiary/aromatic N) is 1. The van der Waals surface area contributed by atoms with Gasteiger partial charge in [0.15, 0.2) is 0 Å². The van der Waals surface area contributed by atoms with Crippen LogP contribution in [0.5, 0.6) is 0 Å². The molecular weight excluding hydrogens is 242 g/mol. The van der Waals surface area contributed by atoms with Crippen molar-refractivity contribution in [2.24, 2.45) is 0 Å². The normalized spacial score (nSPS) is 10.7. The summed E-state index contributed by atoms with van der Waals surface area (Å²) in [5, 5.41) is 0.764. The summed E-state index contributed by atoms with van der Waals surface area (Å²) in [5.41, 5.74) is 1.97. The SMILES string of the molecule is CCOC(=O)c1cc(=O)n(CC)c2ccc(C)cc12. The third kappa shape index (κ3) is 2.38. The van der Waals surface area contributed by atoms with Crippen LogP contribution in [0.3, 0.4) is 0 Å². The van der Waals surface area contributed by atoms with Crippen molar-refractivity contribution in [2.75, 3.05) is 6.61 Å². The first-order valence-corrected chi connectivity index (χ1v) is 6.39. The number of pyridine rings is 1. The molecule has 0 atom stereocenters. The highest BCUT2D eigenvalue weighted by Gasteiger charge is 2.15. The molecule has 0 saturated heterocycles. The van der Waals surface area contributed by atoms with Crippen LogP contribution in [0.4, 0.5) is 0 Å². The predicted molar refractivity (Wildman–Crippen MR) is 74.6 cm³/mol. The van der Waals surface area contributed by atoms with Crippen LogP contribution in [0, 0.1) is 6.92 Å². The van der Waals surface area contributed by atoms with Crippen LogP contribution in [0.25, 0.3) is 10.9 Å². The monoisotopic (exact) mass is 259 g/mol. The van der Waals surface area contributed by atoms with Gasteiger partial charge in [-0.2, -0.15) is 0 Å². The molecule has 4 heteroatoms. The van der Waals surface area contributed by atoms with Crippen LogP contribution in [0.15, 0.2) is 29.1 Å². The Kier molecular flexibility index (Phi) is 3.69. The molecule has 2 aromatic rings. The topological polar surface area (TPSA) is 48.3 Å². The van der Waals surface area contributed by atoms with Gasteiger partial charge < -0.3 is 9.30 Å². The van der Waals surface area contributed by atoms with Crippen LogP contribution in [-0.2, 0) is 11.3 Å². The Bertz CT molecular complexity index is 686. The molecule has 0 N–H and O–H groups in total. The van der Waals surface area contributed by atoms with E-state index in [0.717, 1.165) is 16.5 Å². The molecule has 0 bridgehead atoms. The third-order valence-electron chi connectivity index (χ3n) is 3.08. The fourth-order valence-corrected chi connectivity index (χ4v) is 2.20. The molecule has 0 aliphatic heterocycles. The van der Waals surface area contributed by atoms with Gasteiger partial charge in [0, 0.05) is 18.0 Å². The highest BCUT2D eigenvalue weighted by molar-refractivity contribution is 6.03. The smallest absolute Gasteiger partial charge is 0.339 e. The van der Waals surface area contributed by atoms with E-state index in [1.165, 1.54) is 6.07 Å². The number of aryl methyl sites for hydroxylation is 2. The maximum absolute atomic E-state index is 12.0. The van der Waals surface area contributed by atoms with E-state index in [1.54, 1.807) is 11.5 Å². The van der Waals surface area contributed by atoms with Gasteiger partial charge in [-0.1, -0.05) is 11.6 Å². The van der Waals surface area contributed by atoms with Gasteiger partial charge in [0.05, 0.1) is 17.7 Å². The standard InChI is InChI=1S/C15H17NO3/c1-4-16-13-7-6-10(3)8-11(13)12(9-14(16)17)15(18)19-5-2/h6-9H,4-5H2,1-3H3. The lowest BCUT2D eigenvalue weighted by molar-refractivity contribution is 0.0528. The van der Waals surface area contributed by atoms with Gasteiger partial charge in [-0.3, -0.25) is 4.79 Å². The fraction of sp³-hybridized carbons (Fsp3) is 0.333. The van der Waals surface area contributed by atoms with E-state index < -0.39 is 5.97 Å². The summed E-state index contributed by atoms with van der Waals surface area (Å²) in [6, 6.07) is 7.08. The van der Waals surface area contributed by atoms with Gasteiger partial charge in [-0.15, -0.1) is 0 Å². The van der Waals surface area contributed by atoms with Crippen LogP contribution in [-0.4, -0.2) is 17.1 Å². The van der Waals surface area contributed by atoms with Crippen molar-refractivity contribution in [3.8, 4) is 0 Å². The number of esters is 1. The molecule has 2 rings (SSSR count). The lowest BCUT2D eigenvalue weighted by atomic mass is 10.1. The first kappa shape index (κ1) is 13.3. The molecule has 0 aliphatic rings. The van der Waals surface area contributed by atoms with Crippen molar-refractivity contribution >= 4 is 16.9 Å². The van der Waals surface area contributed by atoms with Crippen molar-refractivity contribution < 1.29 is 9.53 Å². The maximum Gasteiger partial charge on any atom is 0.339 e. The lowest BCUT2D eigenvalue weighted by Crippen LogP contribution is -2.21. The zero-order chi connectivity index (χ0) is 14.0. The van der Waals surface area contributed by atoms with E-state index in [2.05, 4.69) is 0 Å². The van der Waals surface area contributed by atoms with Crippen molar-refractivity contribution in [3.05, 3.63) is 45.7 Å². The second-order valence-corrected chi connectivity index (χ2v) is 4.38. The minimum atomic E-state index is -0.446. The van der Waals surface area contributed by atoms with E-state index in [1.807, 2.05) is 32.0 Å². The highest BCUT2D eigenvalue weighted by atomic mass is 16.5. The number of aromatic nitrogens is 1. The number of carbonyl (C=O) groups excluding carboxylic acids is 1. The van der Waals surface area contributed by atoms with Gasteiger partial charge in [0.1, 0.15) is 0 Å². The van der Waals surface area contributed by atoms with E-state index in [-0.39, 0.29) is 5.56 Å². The van der Waals surface area contributed by atoms with Crippen molar-refractivity contribution in [3.63, 3.8) is 0 Å². The Morgan fingerprint density at radius 2 is 2.00 bits per heavy atom. The second kappa shape index (κ2) is 5.26. The molecule has 0 spiro atoms. The number of rotatable bonds is 3. The number of hydrogen-bond donors (Lipinski definition) is 0. The fourth-order valence-electron chi connectivity index (χ4n) is 2.20. The summed E-state index contributed by atoms with van der Waals surface area (Å²) in [7, 11) is 0. The van der Waals surface area contributed by atoms with Gasteiger partial charge in [-0.05, 0) is 32.9 Å². The Morgan fingerprint density at radius 3 is 2.63 bits per heavy atom. The summed E-state index contributed by atoms with van der Waals surface area (Å²) in [6.07, 6.45) is 0. The Labute approximate surface area is 111 Å². The number of carbonyl (C=O) groups is 1. The van der Waals surface area contributed by atoms with Crippen molar-refractivity contribution in [2.45, 2.75) is 27.3 Å². The zero-order valence-electron chi connectivity index (χ0n) is 11.4. The van der Waals surface area contributed by atoms with Crippen LogP contribution < -0.4 is 5.56 Å². The molecule has 0 radical (unpaired) electrons. The summed E-state index contributed by atoms with van der Waals surface area (Å²) in [4.78, 5) is 24.0. The van der Waals surface area contributed by atoms with E-state index >= 15 is 0 Å². The first-order valence-electron chi connectivity index (χ1n) is 6.39. The third-order valence-corrected chi connectivity index (χ3v) is 3.08. The number of hydrogen-bond acceptors (Lipinski definition) is 3. The molecule has 0 unspecified atom stereocenters. The summed E-state index contributed by atoms with van der Waals surface area (Å²) in [6.45, 7) is 6.48. The average Bonchev–Trinajstić information content (AvgIpc) is 2.38. The van der Waals surface area contributed by atoms with Crippen molar-refractivity contribution in [1.29, 1.82) is 0 Å². The molecule has 0 saturated carbocycles. The Balaban J connectivity index is 2.81. The van der Waals surface area contributed by atoms with Crippen LogP contribution in [0.2, 0.25) is 0 Å². The van der Waals surface area contributed by atoms with E-state index in [4.69, 9.17) is 4.74 Å². The van der Waals surface area contributed by atoms with Gasteiger partial charge in [-0.25, -0.2) is 4.79 Å². The Morgan fingerprint density at radius 1 is 1.26 bits per heavy atom. The lowest BCUT2D eigenvalue weighted by Gasteiger charge is -2.12. The maximum atomic E-state index is 12.0. The molecule has 1 aromatic carbocycles. The molecule has 100 valence electrons. The van der Waals surface area contributed by atoms with Gasteiger partial charge in [0.25, 0.3) is 5.56 Å². The number of fused-ring (bicyclic) bond motifs is 1. The number of ether oxygens (including phenoxy) is 1. The second-order valence-electron chi connectivity index (χ2n) is 4.38. The molecule has 1 heterocycles. The average molecular weight is 259 g/mol. The van der Waals surface area contributed by atoms with Gasteiger partial charge in [0.2, 0.25) is 0 Å².